The Morgan fingerprint density at radius 2 is 1.94 bits per heavy atom. The normalized spacial score (nSPS) is 16.6. The molecule has 2 aromatic carbocycles. The number of ether oxygens (including phenoxy) is 3. The molecule has 1 fully saturated rings. The van der Waals surface area contributed by atoms with Gasteiger partial charge < -0.3 is 24.8 Å². The second kappa shape index (κ2) is 14.3. The molecule has 1 atom stereocenters. The van der Waals surface area contributed by atoms with Crippen LogP contribution in [-0.2, 0) is 24.4 Å². The molecule has 0 bridgehead atoms. The number of rotatable bonds is 9. The lowest BCUT2D eigenvalue weighted by Gasteiger charge is -2.31. The van der Waals surface area contributed by atoms with E-state index in [-0.39, 0.29) is 24.0 Å². The van der Waals surface area contributed by atoms with Crippen molar-refractivity contribution in [2.24, 2.45) is 4.99 Å². The molecule has 0 saturated carbocycles. The Morgan fingerprint density at radius 1 is 1.12 bits per heavy atom. The van der Waals surface area contributed by atoms with Crippen molar-refractivity contribution in [2.45, 2.75) is 39.6 Å². The van der Waals surface area contributed by atoms with E-state index >= 15 is 0 Å². The highest BCUT2D eigenvalue weighted by atomic mass is 127. The van der Waals surface area contributed by atoms with Gasteiger partial charge >= 0.3 is 0 Å². The zero-order valence-corrected chi connectivity index (χ0v) is 22.4. The van der Waals surface area contributed by atoms with E-state index in [1.165, 1.54) is 11.1 Å². The van der Waals surface area contributed by atoms with Crippen molar-refractivity contribution < 1.29 is 14.2 Å². The van der Waals surface area contributed by atoms with Crippen LogP contribution < -0.4 is 20.1 Å². The zero-order valence-electron chi connectivity index (χ0n) is 20.1. The molecule has 1 aliphatic heterocycles. The largest absolute Gasteiger partial charge is 0.497 e. The van der Waals surface area contributed by atoms with Crippen LogP contribution in [0.1, 0.15) is 30.5 Å². The summed E-state index contributed by atoms with van der Waals surface area (Å²) in [6, 6.07) is 14.5. The van der Waals surface area contributed by atoms with Crippen LogP contribution in [0.15, 0.2) is 47.5 Å². The highest BCUT2D eigenvalue weighted by molar-refractivity contribution is 14.0. The Morgan fingerprint density at radius 3 is 2.67 bits per heavy atom. The first kappa shape index (κ1) is 27.2. The molecular formula is C25H37IN4O3. The molecule has 0 radical (unpaired) electrons. The lowest BCUT2D eigenvalue weighted by molar-refractivity contribution is -0.0212. The number of morpholine rings is 1. The third-order valence-corrected chi connectivity index (χ3v) is 5.43. The minimum absolute atomic E-state index is 0. The molecule has 182 valence electrons. The molecule has 1 heterocycles. The molecular weight excluding hydrogens is 531 g/mol. The summed E-state index contributed by atoms with van der Waals surface area (Å²) in [4.78, 5) is 7.23. The lowest BCUT2D eigenvalue weighted by Crippen LogP contribution is -2.40. The van der Waals surface area contributed by atoms with Gasteiger partial charge in [0.15, 0.2) is 5.96 Å². The predicted molar refractivity (Wildman–Crippen MR) is 144 cm³/mol. The first-order valence-electron chi connectivity index (χ1n) is 11.3. The van der Waals surface area contributed by atoms with Crippen LogP contribution in [0.25, 0.3) is 0 Å². The van der Waals surface area contributed by atoms with Crippen molar-refractivity contribution in [3.63, 3.8) is 0 Å². The highest BCUT2D eigenvalue weighted by Gasteiger charge is 2.16. The Kier molecular flexibility index (Phi) is 11.8. The molecule has 0 spiro atoms. The van der Waals surface area contributed by atoms with E-state index in [2.05, 4.69) is 53.6 Å². The molecule has 2 aromatic rings. The molecule has 1 aliphatic rings. The smallest absolute Gasteiger partial charge is 0.191 e. The van der Waals surface area contributed by atoms with Gasteiger partial charge in [-0.3, -0.25) is 4.90 Å². The van der Waals surface area contributed by atoms with Crippen LogP contribution in [-0.4, -0.2) is 57.4 Å². The fraction of sp³-hybridized carbons (Fsp3) is 0.480. The van der Waals surface area contributed by atoms with Crippen molar-refractivity contribution in [3.05, 3.63) is 59.2 Å². The van der Waals surface area contributed by atoms with E-state index in [1.54, 1.807) is 14.2 Å². The summed E-state index contributed by atoms with van der Waals surface area (Å²) in [7, 11) is 3.32. The summed E-state index contributed by atoms with van der Waals surface area (Å²) in [6.07, 6.45) is 0.301. The summed E-state index contributed by atoms with van der Waals surface area (Å²) in [5.74, 6) is 2.34. The molecule has 7 nitrogen and oxygen atoms in total. The average molecular weight is 569 g/mol. The third-order valence-electron chi connectivity index (χ3n) is 5.43. The number of hydrogen-bond donors (Lipinski definition) is 2. The average Bonchev–Trinajstić information content (AvgIpc) is 2.81. The molecule has 0 aromatic heterocycles. The summed E-state index contributed by atoms with van der Waals surface area (Å²) >= 11 is 0. The molecule has 2 N–H and O–H groups in total. The molecule has 3 rings (SSSR count). The zero-order chi connectivity index (χ0) is 22.8. The number of aliphatic imine (C=N–C) groups is 1. The molecule has 0 amide bonds. The van der Waals surface area contributed by atoms with Gasteiger partial charge in [0.05, 0.1) is 33.5 Å². The van der Waals surface area contributed by atoms with Gasteiger partial charge in [-0.1, -0.05) is 24.3 Å². The van der Waals surface area contributed by atoms with Crippen LogP contribution in [0.5, 0.6) is 11.5 Å². The maximum Gasteiger partial charge on any atom is 0.191 e. The fourth-order valence-electron chi connectivity index (χ4n) is 3.81. The second-order valence-corrected chi connectivity index (χ2v) is 7.96. The molecule has 1 saturated heterocycles. The quantitative estimate of drug-likeness (QED) is 0.273. The first-order valence-corrected chi connectivity index (χ1v) is 11.3. The standard InChI is InChI=1S/C25H36N4O3.HI/c1-5-26-25(28-16-22-9-10-23(30-3)14-24(22)31-4)27-15-20-7-6-8-21(13-20)18-29-11-12-32-19(2)17-29;/h6-10,13-14,19H,5,11-12,15-18H2,1-4H3,(H2,26,27,28);1H. The second-order valence-electron chi connectivity index (χ2n) is 7.96. The third kappa shape index (κ3) is 8.68. The van der Waals surface area contributed by atoms with Crippen molar-refractivity contribution in [1.82, 2.24) is 15.5 Å². The number of hydrogen-bond acceptors (Lipinski definition) is 5. The molecule has 1 unspecified atom stereocenters. The van der Waals surface area contributed by atoms with Gasteiger partial charge in [0.25, 0.3) is 0 Å². The van der Waals surface area contributed by atoms with Crippen molar-refractivity contribution in [3.8, 4) is 11.5 Å². The molecule has 33 heavy (non-hydrogen) atoms. The van der Waals surface area contributed by atoms with E-state index < -0.39 is 0 Å². The number of guanidine groups is 1. The maximum atomic E-state index is 5.65. The van der Waals surface area contributed by atoms with Crippen LogP contribution in [0.2, 0.25) is 0 Å². The fourth-order valence-corrected chi connectivity index (χ4v) is 3.81. The number of methoxy groups -OCH3 is 2. The van der Waals surface area contributed by atoms with Crippen molar-refractivity contribution >= 4 is 29.9 Å². The molecule has 0 aliphatic carbocycles. The van der Waals surface area contributed by atoms with Crippen molar-refractivity contribution in [1.29, 1.82) is 0 Å². The summed E-state index contributed by atoms with van der Waals surface area (Å²) < 4.78 is 16.4. The topological polar surface area (TPSA) is 67.4 Å². The number of benzene rings is 2. The lowest BCUT2D eigenvalue weighted by atomic mass is 10.1. The van der Waals surface area contributed by atoms with Crippen LogP contribution in [0.4, 0.5) is 0 Å². The number of nitrogens with one attached hydrogen (secondary N) is 2. The van der Waals surface area contributed by atoms with Gasteiger partial charge in [0.2, 0.25) is 0 Å². The Bertz CT molecular complexity index is 894. The summed E-state index contributed by atoms with van der Waals surface area (Å²) in [5.41, 5.74) is 3.55. The Hall–Kier alpha value is -2.04. The van der Waals surface area contributed by atoms with E-state index in [1.807, 2.05) is 18.2 Å². The Labute approximate surface area is 214 Å². The van der Waals surface area contributed by atoms with Crippen LogP contribution in [0, 0.1) is 0 Å². The van der Waals surface area contributed by atoms with E-state index in [9.17, 15) is 0 Å². The van der Waals surface area contributed by atoms with Crippen molar-refractivity contribution in [2.75, 3.05) is 40.5 Å². The minimum atomic E-state index is 0. The Balaban J connectivity index is 0.00000385. The van der Waals surface area contributed by atoms with Crippen LogP contribution >= 0.6 is 24.0 Å². The maximum absolute atomic E-state index is 5.65. The predicted octanol–water partition coefficient (Wildman–Crippen LogP) is 3.80. The summed E-state index contributed by atoms with van der Waals surface area (Å²) in [6.45, 7) is 9.92. The first-order chi connectivity index (χ1) is 15.6. The monoisotopic (exact) mass is 568 g/mol. The van der Waals surface area contributed by atoms with Crippen LogP contribution in [0.3, 0.4) is 0 Å². The van der Waals surface area contributed by atoms with Gasteiger partial charge in [0.1, 0.15) is 11.5 Å². The summed E-state index contributed by atoms with van der Waals surface area (Å²) in [5, 5.41) is 6.72. The molecule has 8 heteroatoms. The van der Waals surface area contributed by atoms with E-state index in [0.717, 1.165) is 55.8 Å². The van der Waals surface area contributed by atoms with Gasteiger partial charge in [-0.05, 0) is 37.1 Å². The van der Waals surface area contributed by atoms with Gasteiger partial charge in [-0.25, -0.2) is 4.99 Å². The number of halogens is 1. The minimum Gasteiger partial charge on any atom is -0.497 e. The number of nitrogens with zero attached hydrogens (tertiary/aromatic N) is 2. The van der Waals surface area contributed by atoms with E-state index in [4.69, 9.17) is 19.2 Å². The van der Waals surface area contributed by atoms with E-state index in [0.29, 0.717) is 19.2 Å². The van der Waals surface area contributed by atoms with Gasteiger partial charge in [0, 0.05) is 44.4 Å². The highest BCUT2D eigenvalue weighted by Crippen LogP contribution is 2.24. The van der Waals surface area contributed by atoms with Gasteiger partial charge in [-0.2, -0.15) is 0 Å². The van der Waals surface area contributed by atoms with Gasteiger partial charge in [-0.15, -0.1) is 24.0 Å². The SMILES string of the molecule is CCNC(=NCc1cccc(CN2CCOC(C)C2)c1)NCc1ccc(OC)cc1OC.I.